The van der Waals surface area contributed by atoms with Crippen molar-refractivity contribution >= 4 is 0 Å². The normalized spacial score (nSPS) is 51.0. The van der Waals surface area contributed by atoms with Crippen molar-refractivity contribution < 1.29 is 23.4 Å². The summed E-state index contributed by atoms with van der Waals surface area (Å²) >= 11 is 0. The quantitative estimate of drug-likeness (QED) is 0.678. The van der Waals surface area contributed by atoms with Crippen molar-refractivity contribution in [2.24, 2.45) is 16.7 Å². The summed E-state index contributed by atoms with van der Waals surface area (Å²) in [7, 11) is 0. The van der Waals surface area contributed by atoms with E-state index in [-0.39, 0.29) is 0 Å². The maximum atomic E-state index is 13.0. The Hall–Kier alpha value is -0.290. The SMILES string of the molecule is CC1(C)[C@@H]2CC[C@@]1(C)[C@@](O)(C(F)(F)F)[C@@H]2O. The first-order chi connectivity index (χ1) is 7.00. The molecule has 0 heterocycles. The number of halogens is 3. The van der Waals surface area contributed by atoms with Crippen molar-refractivity contribution in [2.75, 3.05) is 0 Å². The largest absolute Gasteiger partial charge is 0.420 e. The van der Waals surface area contributed by atoms with Gasteiger partial charge in [0.15, 0.2) is 5.60 Å². The summed E-state index contributed by atoms with van der Waals surface area (Å²) in [5.74, 6) is -0.482. The van der Waals surface area contributed by atoms with Crippen LogP contribution in [0, 0.1) is 16.7 Å². The maximum absolute atomic E-state index is 13.0. The van der Waals surface area contributed by atoms with Crippen LogP contribution in [-0.2, 0) is 0 Å². The predicted molar refractivity (Wildman–Crippen MR) is 51.6 cm³/mol. The third-order valence-electron chi connectivity index (χ3n) is 5.39. The third kappa shape index (κ3) is 0.933. The van der Waals surface area contributed by atoms with Crippen molar-refractivity contribution in [3.05, 3.63) is 0 Å². The van der Waals surface area contributed by atoms with Crippen LogP contribution >= 0.6 is 0 Å². The van der Waals surface area contributed by atoms with E-state index in [4.69, 9.17) is 0 Å². The van der Waals surface area contributed by atoms with Crippen molar-refractivity contribution in [3.63, 3.8) is 0 Å². The van der Waals surface area contributed by atoms with Gasteiger partial charge in [-0.2, -0.15) is 13.2 Å². The Labute approximate surface area is 92.5 Å². The van der Waals surface area contributed by atoms with Crippen LogP contribution in [0.25, 0.3) is 0 Å². The van der Waals surface area contributed by atoms with Gasteiger partial charge in [0.2, 0.25) is 0 Å². The van der Waals surface area contributed by atoms with E-state index in [1.54, 1.807) is 13.8 Å². The lowest BCUT2D eigenvalue weighted by atomic mass is 9.64. The second kappa shape index (κ2) is 2.75. The molecule has 2 fully saturated rings. The maximum Gasteiger partial charge on any atom is 0.420 e. The molecule has 0 spiro atoms. The smallest absolute Gasteiger partial charge is 0.389 e. The summed E-state index contributed by atoms with van der Waals surface area (Å²) in [4.78, 5) is 0. The van der Waals surface area contributed by atoms with E-state index in [2.05, 4.69) is 0 Å². The predicted octanol–water partition coefficient (Wildman–Crippen LogP) is 2.10. The Bertz CT molecular complexity index is 326. The Morgan fingerprint density at radius 1 is 1.19 bits per heavy atom. The molecule has 0 aliphatic heterocycles. The number of alkyl halides is 3. The Balaban J connectivity index is 2.60. The fraction of sp³-hybridized carbons (Fsp3) is 1.00. The number of aliphatic hydroxyl groups is 2. The molecule has 0 unspecified atom stereocenters. The third-order valence-corrected chi connectivity index (χ3v) is 5.39. The number of fused-ring (bicyclic) bond motifs is 2. The molecule has 0 saturated heterocycles. The average molecular weight is 238 g/mol. The lowest BCUT2D eigenvalue weighted by Crippen LogP contribution is -2.63. The van der Waals surface area contributed by atoms with Gasteiger partial charge in [0.1, 0.15) is 0 Å². The molecular weight excluding hydrogens is 221 g/mol. The zero-order chi connectivity index (χ0) is 12.6. The standard InChI is InChI=1S/C11H17F3O2/c1-8(2)6-4-5-9(8,3)10(16,7(6)15)11(12,13)14/h6-7,15-16H,4-5H2,1-3H3/t6-,7-,9-,10-/m1/s1. The highest BCUT2D eigenvalue weighted by molar-refractivity contribution is 5.24. The molecule has 0 aromatic rings. The van der Waals surface area contributed by atoms with Crippen molar-refractivity contribution in [3.8, 4) is 0 Å². The zero-order valence-electron chi connectivity index (χ0n) is 9.60. The van der Waals surface area contributed by atoms with Crippen LogP contribution in [0.3, 0.4) is 0 Å². The van der Waals surface area contributed by atoms with Gasteiger partial charge in [0.25, 0.3) is 0 Å². The second-order valence-corrected chi connectivity index (χ2v) is 5.91. The van der Waals surface area contributed by atoms with Gasteiger partial charge in [-0.1, -0.05) is 20.8 Å². The Morgan fingerprint density at radius 3 is 1.94 bits per heavy atom. The Morgan fingerprint density at radius 2 is 1.69 bits per heavy atom. The number of aliphatic hydroxyl groups excluding tert-OH is 1. The summed E-state index contributed by atoms with van der Waals surface area (Å²) in [5.41, 5.74) is -4.97. The van der Waals surface area contributed by atoms with Crippen molar-refractivity contribution in [2.45, 2.75) is 51.5 Å². The Kier molecular flexibility index (Phi) is 2.09. The van der Waals surface area contributed by atoms with E-state index in [9.17, 15) is 23.4 Å². The van der Waals surface area contributed by atoms with E-state index in [0.29, 0.717) is 12.8 Å². The van der Waals surface area contributed by atoms with E-state index in [1.807, 2.05) is 0 Å². The highest BCUT2D eigenvalue weighted by Crippen LogP contribution is 2.72. The molecule has 0 amide bonds. The number of hydrogen-bond acceptors (Lipinski definition) is 2. The van der Waals surface area contributed by atoms with Crippen LogP contribution in [0.2, 0.25) is 0 Å². The van der Waals surface area contributed by atoms with Gasteiger partial charge in [-0.3, -0.25) is 0 Å². The van der Waals surface area contributed by atoms with Gasteiger partial charge in [-0.25, -0.2) is 0 Å². The monoisotopic (exact) mass is 238 g/mol. The van der Waals surface area contributed by atoms with Crippen LogP contribution in [0.1, 0.15) is 33.6 Å². The molecule has 2 rings (SSSR count). The van der Waals surface area contributed by atoms with Gasteiger partial charge >= 0.3 is 6.18 Å². The van der Waals surface area contributed by atoms with Gasteiger partial charge in [-0.15, -0.1) is 0 Å². The van der Waals surface area contributed by atoms with E-state index in [0.717, 1.165) is 0 Å². The molecule has 0 aromatic carbocycles. The van der Waals surface area contributed by atoms with Crippen LogP contribution < -0.4 is 0 Å². The van der Waals surface area contributed by atoms with Crippen molar-refractivity contribution in [1.82, 2.24) is 0 Å². The van der Waals surface area contributed by atoms with Crippen molar-refractivity contribution in [1.29, 1.82) is 0 Å². The first-order valence-corrected chi connectivity index (χ1v) is 5.47. The highest BCUT2D eigenvalue weighted by atomic mass is 19.4. The molecular formula is C11H17F3O2. The molecule has 2 N–H and O–H groups in total. The minimum Gasteiger partial charge on any atom is -0.389 e. The summed E-state index contributed by atoms with van der Waals surface area (Å²) in [6, 6.07) is 0. The summed E-state index contributed by atoms with van der Waals surface area (Å²) in [6.07, 6.45) is -5.64. The fourth-order valence-electron chi connectivity index (χ4n) is 3.87. The molecule has 4 atom stereocenters. The highest BCUT2D eigenvalue weighted by Gasteiger charge is 2.81. The molecule has 94 valence electrons. The van der Waals surface area contributed by atoms with E-state index in [1.165, 1.54) is 6.92 Å². The number of hydrogen-bond donors (Lipinski definition) is 2. The lowest BCUT2D eigenvalue weighted by Gasteiger charge is -2.46. The van der Waals surface area contributed by atoms with E-state index >= 15 is 0 Å². The first kappa shape index (κ1) is 12.2. The molecule has 5 heteroatoms. The average Bonchev–Trinajstić information content (AvgIpc) is 2.39. The minimum atomic E-state index is -4.78. The number of rotatable bonds is 0. The molecule has 0 radical (unpaired) electrons. The molecule has 16 heavy (non-hydrogen) atoms. The van der Waals surface area contributed by atoms with Crippen LogP contribution in [0.4, 0.5) is 13.2 Å². The molecule has 2 aliphatic rings. The van der Waals surface area contributed by atoms with Crippen LogP contribution in [-0.4, -0.2) is 28.1 Å². The van der Waals surface area contributed by atoms with Gasteiger partial charge in [0.05, 0.1) is 6.10 Å². The molecule has 2 bridgehead atoms. The zero-order valence-corrected chi connectivity index (χ0v) is 9.60. The minimum absolute atomic E-state index is 0.303. The fourth-order valence-corrected chi connectivity index (χ4v) is 3.87. The summed E-state index contributed by atoms with van der Waals surface area (Å²) in [5, 5.41) is 19.8. The van der Waals surface area contributed by atoms with Gasteiger partial charge in [0, 0.05) is 5.41 Å². The molecule has 0 aromatic heterocycles. The lowest BCUT2D eigenvalue weighted by molar-refractivity contribution is -0.326. The second-order valence-electron chi connectivity index (χ2n) is 5.91. The molecule has 2 aliphatic carbocycles. The van der Waals surface area contributed by atoms with Crippen LogP contribution in [0.15, 0.2) is 0 Å². The summed E-state index contributed by atoms with van der Waals surface area (Å²) in [6.45, 7) is 4.85. The topological polar surface area (TPSA) is 40.5 Å². The van der Waals surface area contributed by atoms with Gasteiger partial charge < -0.3 is 10.2 Å². The molecule has 2 nitrogen and oxygen atoms in total. The summed E-state index contributed by atoms with van der Waals surface area (Å²) < 4.78 is 39.1. The molecule has 2 saturated carbocycles. The van der Waals surface area contributed by atoms with E-state index < -0.39 is 34.6 Å². The first-order valence-electron chi connectivity index (χ1n) is 5.47. The van der Waals surface area contributed by atoms with Crippen LogP contribution in [0.5, 0.6) is 0 Å². The van der Waals surface area contributed by atoms with Gasteiger partial charge in [-0.05, 0) is 24.2 Å².